The van der Waals surface area contributed by atoms with Crippen molar-refractivity contribution in [2.24, 2.45) is 28.6 Å². The van der Waals surface area contributed by atoms with Crippen LogP contribution in [-0.2, 0) is 14.4 Å². The van der Waals surface area contributed by atoms with Gasteiger partial charge in [0.15, 0.2) is 5.78 Å². The van der Waals surface area contributed by atoms with Crippen LogP contribution >= 0.6 is 0 Å². The van der Waals surface area contributed by atoms with E-state index < -0.39 is 40.4 Å². The number of carbonyl (C=O) groups is 3. The molecule has 0 aromatic rings. The van der Waals surface area contributed by atoms with E-state index in [4.69, 9.17) is 5.11 Å². The molecule has 4 aliphatic carbocycles. The Bertz CT molecular complexity index is 844. The van der Waals surface area contributed by atoms with Crippen LogP contribution in [0.4, 0.5) is 0 Å². The molecule has 0 aromatic heterocycles. The van der Waals surface area contributed by atoms with Gasteiger partial charge >= 0.3 is 5.97 Å². The van der Waals surface area contributed by atoms with Gasteiger partial charge in [0.25, 0.3) is 0 Å². The predicted octanol–water partition coefficient (Wildman–Crippen LogP) is 1.01. The second kappa shape index (κ2) is 6.33. The van der Waals surface area contributed by atoms with Gasteiger partial charge in [0.2, 0.25) is 11.9 Å². The number of allylic oxidation sites excluding steroid dienone is 4. The minimum absolute atomic E-state index is 0.0209. The van der Waals surface area contributed by atoms with E-state index in [1.165, 1.54) is 0 Å². The SMILES string of the molecule is C[C@]12C=CC(=O)C=C1CC[C@@H]1[C@@H]2C(O)C[C@@]2(C)[C@H]1CC[C@]2(O)C(=O)C(O)C(=O)O. The van der Waals surface area contributed by atoms with Gasteiger partial charge in [-0.25, -0.2) is 4.79 Å². The van der Waals surface area contributed by atoms with E-state index in [2.05, 4.69) is 0 Å². The zero-order valence-electron chi connectivity index (χ0n) is 16.7. The molecule has 4 N–H and O–H groups in total. The Morgan fingerprint density at radius 1 is 1.24 bits per heavy atom. The molecule has 3 saturated carbocycles. The molecule has 0 saturated heterocycles. The van der Waals surface area contributed by atoms with Crippen molar-refractivity contribution in [3.8, 4) is 0 Å². The maximum atomic E-state index is 12.7. The number of carboxylic acids is 1. The minimum Gasteiger partial charge on any atom is -0.479 e. The Morgan fingerprint density at radius 3 is 2.59 bits per heavy atom. The zero-order valence-corrected chi connectivity index (χ0v) is 16.7. The standard InChI is InChI=1S/C22H28O7/c1-20-7-5-12(23)9-11(20)3-4-13-14-6-8-22(29,18(26)17(25)19(27)28)21(14,2)10-15(24)16(13)20/h5,7,9,13-17,24-25,29H,3-4,6,8,10H2,1-2H3,(H,27,28)/t13-,14-,15?,16+,17?,20-,21-,22-/m0/s1. The summed E-state index contributed by atoms with van der Waals surface area (Å²) < 4.78 is 0. The van der Waals surface area contributed by atoms with Crippen molar-refractivity contribution < 1.29 is 34.8 Å². The minimum atomic E-state index is -2.28. The van der Waals surface area contributed by atoms with E-state index in [0.717, 1.165) is 12.0 Å². The molecule has 158 valence electrons. The van der Waals surface area contributed by atoms with Crippen molar-refractivity contribution in [1.82, 2.24) is 0 Å². The van der Waals surface area contributed by atoms with Gasteiger partial charge in [-0.05, 0) is 56.1 Å². The van der Waals surface area contributed by atoms with Crippen LogP contribution in [0.1, 0.15) is 46.0 Å². The first-order valence-corrected chi connectivity index (χ1v) is 10.3. The molecule has 0 radical (unpaired) electrons. The van der Waals surface area contributed by atoms with Crippen molar-refractivity contribution in [3.05, 3.63) is 23.8 Å². The Balaban J connectivity index is 1.72. The van der Waals surface area contributed by atoms with Gasteiger partial charge in [-0.15, -0.1) is 0 Å². The van der Waals surface area contributed by atoms with Crippen LogP contribution in [-0.4, -0.2) is 55.8 Å². The summed E-state index contributed by atoms with van der Waals surface area (Å²) in [5.74, 6) is -3.03. The number of hydrogen-bond donors (Lipinski definition) is 4. The highest BCUT2D eigenvalue weighted by molar-refractivity contribution is 6.06. The topological polar surface area (TPSA) is 132 Å². The molecule has 0 aliphatic heterocycles. The lowest BCUT2D eigenvalue weighted by atomic mass is 9.46. The third kappa shape index (κ3) is 2.57. The molecule has 7 nitrogen and oxygen atoms in total. The zero-order chi connectivity index (χ0) is 21.4. The van der Waals surface area contributed by atoms with E-state index in [1.807, 2.05) is 13.0 Å². The summed E-state index contributed by atoms with van der Waals surface area (Å²) in [4.78, 5) is 35.7. The number of carboxylic acid groups (broad SMARTS) is 1. The maximum absolute atomic E-state index is 12.7. The highest BCUT2D eigenvalue weighted by atomic mass is 16.4. The first-order chi connectivity index (χ1) is 13.5. The first-order valence-electron chi connectivity index (χ1n) is 10.3. The third-order valence-corrected chi connectivity index (χ3v) is 8.54. The van der Waals surface area contributed by atoms with Crippen molar-refractivity contribution in [3.63, 3.8) is 0 Å². The number of aliphatic hydroxyl groups excluding tert-OH is 2. The highest BCUT2D eigenvalue weighted by Gasteiger charge is 2.69. The second-order valence-corrected chi connectivity index (χ2v) is 9.72. The second-order valence-electron chi connectivity index (χ2n) is 9.72. The van der Waals surface area contributed by atoms with Gasteiger partial charge in [-0.3, -0.25) is 9.59 Å². The summed E-state index contributed by atoms with van der Waals surface area (Å²) in [5, 5.41) is 41.4. The molecule has 8 atom stereocenters. The van der Waals surface area contributed by atoms with E-state index in [-0.39, 0.29) is 36.4 Å². The van der Waals surface area contributed by atoms with Crippen molar-refractivity contribution in [2.45, 2.75) is 63.8 Å². The normalized spacial score (nSPS) is 46.9. The van der Waals surface area contributed by atoms with Gasteiger partial charge in [-0.2, -0.15) is 0 Å². The van der Waals surface area contributed by atoms with Crippen LogP contribution in [0.25, 0.3) is 0 Å². The number of ketones is 2. The van der Waals surface area contributed by atoms with Gasteiger partial charge in [0, 0.05) is 16.7 Å². The van der Waals surface area contributed by atoms with Crippen molar-refractivity contribution >= 4 is 17.5 Å². The molecule has 0 aromatic carbocycles. The van der Waals surface area contributed by atoms with E-state index in [1.54, 1.807) is 19.1 Å². The van der Waals surface area contributed by atoms with E-state index >= 15 is 0 Å². The fourth-order valence-corrected chi connectivity index (χ4v) is 7.07. The highest BCUT2D eigenvalue weighted by Crippen LogP contribution is 2.67. The predicted molar refractivity (Wildman–Crippen MR) is 102 cm³/mol. The van der Waals surface area contributed by atoms with Crippen LogP contribution in [0.3, 0.4) is 0 Å². The van der Waals surface area contributed by atoms with Crippen LogP contribution in [0.5, 0.6) is 0 Å². The lowest BCUT2D eigenvalue weighted by Crippen LogP contribution is -2.63. The lowest BCUT2D eigenvalue weighted by Gasteiger charge is -2.59. The van der Waals surface area contributed by atoms with Crippen molar-refractivity contribution in [1.29, 1.82) is 0 Å². The number of fused-ring (bicyclic) bond motifs is 5. The summed E-state index contributed by atoms with van der Waals surface area (Å²) in [6.07, 6.45) is 4.15. The molecular formula is C22H28O7. The number of hydrogen-bond acceptors (Lipinski definition) is 6. The summed E-state index contributed by atoms with van der Waals surface area (Å²) in [7, 11) is 0. The largest absolute Gasteiger partial charge is 0.479 e. The summed E-state index contributed by atoms with van der Waals surface area (Å²) in [5.41, 5.74) is -2.45. The Kier molecular flexibility index (Phi) is 4.46. The lowest BCUT2D eigenvalue weighted by molar-refractivity contribution is -0.185. The third-order valence-electron chi connectivity index (χ3n) is 8.54. The Morgan fingerprint density at radius 2 is 1.93 bits per heavy atom. The molecule has 4 aliphatic rings. The van der Waals surface area contributed by atoms with Crippen LogP contribution in [0, 0.1) is 28.6 Å². The number of Topliss-reactive ketones (excluding diaryl/α,β-unsaturated/α-hetero) is 1. The van der Waals surface area contributed by atoms with Crippen LogP contribution < -0.4 is 0 Å². The summed E-state index contributed by atoms with van der Waals surface area (Å²) in [6, 6.07) is 0. The smallest absolute Gasteiger partial charge is 0.340 e. The average molecular weight is 404 g/mol. The molecule has 0 bridgehead atoms. The number of aliphatic hydroxyl groups is 3. The molecule has 3 fully saturated rings. The van der Waals surface area contributed by atoms with E-state index in [0.29, 0.717) is 12.8 Å². The fraction of sp³-hybridized carbons (Fsp3) is 0.682. The van der Waals surface area contributed by atoms with Gasteiger partial charge < -0.3 is 20.4 Å². The molecule has 0 spiro atoms. The summed E-state index contributed by atoms with van der Waals surface area (Å²) in [6.45, 7) is 3.77. The number of aliphatic carboxylic acids is 1. The summed E-state index contributed by atoms with van der Waals surface area (Å²) >= 11 is 0. The molecule has 29 heavy (non-hydrogen) atoms. The van der Waals surface area contributed by atoms with E-state index in [9.17, 15) is 29.7 Å². The van der Waals surface area contributed by atoms with Gasteiger partial charge in [0.1, 0.15) is 5.60 Å². The van der Waals surface area contributed by atoms with Crippen LogP contribution in [0.15, 0.2) is 23.8 Å². The molecule has 0 heterocycles. The number of rotatable bonds is 3. The maximum Gasteiger partial charge on any atom is 0.340 e. The Hall–Kier alpha value is -1.83. The average Bonchev–Trinajstić information content (AvgIpc) is 2.92. The molecule has 0 amide bonds. The molecule has 2 unspecified atom stereocenters. The fourth-order valence-electron chi connectivity index (χ4n) is 7.07. The van der Waals surface area contributed by atoms with Gasteiger partial charge in [0.05, 0.1) is 6.10 Å². The van der Waals surface area contributed by atoms with Crippen molar-refractivity contribution in [2.75, 3.05) is 0 Å². The molecular weight excluding hydrogens is 376 g/mol. The van der Waals surface area contributed by atoms with Crippen LogP contribution in [0.2, 0.25) is 0 Å². The quantitative estimate of drug-likeness (QED) is 0.516. The monoisotopic (exact) mass is 404 g/mol. The number of carbonyl (C=O) groups excluding carboxylic acids is 2. The molecule has 4 rings (SSSR count). The van der Waals surface area contributed by atoms with Gasteiger partial charge in [-0.1, -0.05) is 25.5 Å². The Labute approximate surface area is 169 Å². The first kappa shape index (κ1) is 20.4. The molecule has 7 heteroatoms.